The zero-order valence-corrected chi connectivity index (χ0v) is 36.6. The Kier molecular flexibility index (Phi) is 16.2. The van der Waals surface area contributed by atoms with Crippen molar-refractivity contribution < 1.29 is 115 Å². The van der Waals surface area contributed by atoms with Crippen LogP contribution in [0, 0.1) is 0 Å². The second-order valence-corrected chi connectivity index (χ2v) is 16.1. The molecule has 0 amide bonds. The molecular weight excluding hydrogens is 1060 g/mol. The summed E-state index contributed by atoms with van der Waals surface area (Å²) in [6.07, 6.45) is -48.2. The Bertz CT molecular complexity index is 2470. The van der Waals surface area contributed by atoms with Crippen molar-refractivity contribution in [2.24, 2.45) is 0 Å². The summed E-state index contributed by atoms with van der Waals surface area (Å²) in [6.45, 7) is 3.63. The monoisotopic (exact) mass is 1090 g/mol. The molecule has 0 atom stereocenters. The van der Waals surface area contributed by atoms with Gasteiger partial charge in [0, 0.05) is 5.56 Å². The number of rotatable bonds is 9. The topological polar surface area (TPSA) is 26.0 Å². The quantitative estimate of drug-likeness (QED) is 0.0819. The van der Waals surface area contributed by atoms with Crippen LogP contribution in [0.1, 0.15) is 63.4 Å². The van der Waals surface area contributed by atoms with E-state index in [1.807, 2.05) is 30.6 Å². The predicted octanol–water partition coefficient (Wildman–Crippen LogP) is 13.4. The fourth-order valence-electron chi connectivity index (χ4n) is 7.65. The average Bonchev–Trinajstić information content (AvgIpc) is 3.26. The molecule has 1 heterocycles. The SMILES string of the molecule is CCCOc1c[n+](Cc2ccccc2)ccn1.FC(F)(F)c1cc([B-](c2cc(C(F)(F)F)cc(C(F)(F)F)c2)(c2cc(C(F)(F)F)cc(C(F)(F)F)c2)c2cc(C(F)(F)F)cc(C(F)(F)F)c2)cc(C(F)(F)F)c1. The van der Waals surface area contributed by atoms with Crippen LogP contribution in [-0.2, 0) is 56.0 Å². The van der Waals surface area contributed by atoms with Gasteiger partial charge in [-0.1, -0.05) is 85.8 Å². The second kappa shape index (κ2) is 20.6. The summed E-state index contributed by atoms with van der Waals surface area (Å²) >= 11 is 0. The molecule has 0 fully saturated rings. The fourth-order valence-corrected chi connectivity index (χ4v) is 7.65. The second-order valence-electron chi connectivity index (χ2n) is 16.1. The molecular formula is C46H29BF24N2O. The van der Waals surface area contributed by atoms with Crippen molar-refractivity contribution in [3.8, 4) is 5.88 Å². The molecule has 0 bridgehead atoms. The van der Waals surface area contributed by atoms with Gasteiger partial charge in [0.25, 0.3) is 5.88 Å². The van der Waals surface area contributed by atoms with Gasteiger partial charge in [0.05, 0.1) is 57.3 Å². The van der Waals surface area contributed by atoms with Gasteiger partial charge in [-0.05, 0) is 30.7 Å². The van der Waals surface area contributed by atoms with Crippen LogP contribution in [0.15, 0.2) is 122 Å². The minimum Gasteiger partial charge on any atom is -0.473 e. The molecule has 400 valence electrons. The highest BCUT2D eigenvalue weighted by atomic mass is 19.4. The molecule has 0 aliphatic heterocycles. The number of ether oxygens (including phenoxy) is 1. The normalized spacial score (nSPS) is 13.4. The van der Waals surface area contributed by atoms with Crippen LogP contribution in [0.2, 0.25) is 0 Å². The third kappa shape index (κ3) is 13.9. The summed E-state index contributed by atoms with van der Waals surface area (Å²) in [5.41, 5.74) is -28.9. The molecule has 1 aromatic heterocycles. The third-order valence-corrected chi connectivity index (χ3v) is 10.8. The maximum Gasteiger partial charge on any atom is 0.416 e. The van der Waals surface area contributed by atoms with Crippen molar-refractivity contribution in [1.29, 1.82) is 0 Å². The lowest BCUT2D eigenvalue weighted by Crippen LogP contribution is -2.75. The first-order valence-electron chi connectivity index (χ1n) is 20.5. The third-order valence-electron chi connectivity index (χ3n) is 10.8. The zero-order valence-electron chi connectivity index (χ0n) is 36.6. The van der Waals surface area contributed by atoms with Crippen molar-refractivity contribution in [2.75, 3.05) is 6.61 Å². The summed E-state index contributed by atoms with van der Waals surface area (Å²) < 4.78 is 348. The lowest BCUT2D eigenvalue weighted by atomic mass is 9.12. The van der Waals surface area contributed by atoms with Crippen LogP contribution < -0.4 is 31.2 Å². The molecule has 6 rings (SSSR count). The van der Waals surface area contributed by atoms with Crippen molar-refractivity contribution >= 4 is 28.0 Å². The minimum atomic E-state index is -6.13. The number of aromatic nitrogens is 2. The van der Waals surface area contributed by atoms with Gasteiger partial charge in [0.15, 0.2) is 12.7 Å². The Labute approximate surface area is 400 Å². The van der Waals surface area contributed by atoms with Crippen molar-refractivity contribution in [1.82, 2.24) is 4.98 Å². The van der Waals surface area contributed by atoms with Crippen molar-refractivity contribution in [3.05, 3.63) is 172 Å². The van der Waals surface area contributed by atoms with E-state index >= 15 is 0 Å². The lowest BCUT2D eigenvalue weighted by molar-refractivity contribution is -0.689. The molecule has 0 aliphatic rings. The molecule has 5 aromatic carbocycles. The molecule has 0 saturated carbocycles. The highest BCUT2D eigenvalue weighted by molar-refractivity contribution is 7.20. The van der Waals surface area contributed by atoms with E-state index < -0.39 is 195 Å². The number of alkyl halides is 24. The summed E-state index contributed by atoms with van der Waals surface area (Å²) in [7, 11) is 0. The predicted molar refractivity (Wildman–Crippen MR) is 216 cm³/mol. The van der Waals surface area contributed by atoms with E-state index in [0.717, 1.165) is 13.0 Å². The van der Waals surface area contributed by atoms with Gasteiger partial charge in [0.2, 0.25) is 6.20 Å². The Hall–Kier alpha value is -6.64. The molecule has 74 heavy (non-hydrogen) atoms. The molecule has 3 nitrogen and oxygen atoms in total. The van der Waals surface area contributed by atoms with Crippen molar-refractivity contribution in [3.63, 3.8) is 0 Å². The molecule has 0 saturated heterocycles. The maximum absolute atomic E-state index is 14.2. The van der Waals surface area contributed by atoms with Crippen molar-refractivity contribution in [2.45, 2.75) is 69.3 Å². The largest absolute Gasteiger partial charge is 0.473 e. The van der Waals surface area contributed by atoms with Gasteiger partial charge >= 0.3 is 49.4 Å². The van der Waals surface area contributed by atoms with Gasteiger partial charge in [0.1, 0.15) is 6.15 Å². The molecule has 0 spiro atoms. The Morgan fingerprint density at radius 3 is 0.919 bits per heavy atom. The fraction of sp³-hybridized carbons (Fsp3) is 0.261. The van der Waals surface area contributed by atoms with Crippen LogP contribution in [0.4, 0.5) is 105 Å². The van der Waals surface area contributed by atoms with E-state index in [-0.39, 0.29) is 0 Å². The van der Waals surface area contributed by atoms with Gasteiger partial charge in [-0.3, -0.25) is 0 Å². The molecule has 0 aliphatic carbocycles. The first kappa shape index (κ1) is 58.3. The number of hydrogen-bond acceptors (Lipinski definition) is 2. The molecule has 0 N–H and O–H groups in total. The van der Waals surface area contributed by atoms with E-state index in [2.05, 4.69) is 28.6 Å². The van der Waals surface area contributed by atoms with Gasteiger partial charge in [-0.2, -0.15) is 132 Å². The van der Waals surface area contributed by atoms with Crippen LogP contribution >= 0.6 is 0 Å². The van der Waals surface area contributed by atoms with Crippen LogP contribution in [0.25, 0.3) is 0 Å². The molecule has 0 unspecified atom stereocenters. The van der Waals surface area contributed by atoms with E-state index in [1.165, 1.54) is 5.56 Å². The highest BCUT2D eigenvalue weighted by Crippen LogP contribution is 2.41. The number of hydrogen-bond donors (Lipinski definition) is 0. The van der Waals surface area contributed by atoms with Gasteiger partial charge < -0.3 is 4.74 Å². The molecule has 6 aromatic rings. The number of nitrogens with zero attached hydrogens (tertiary/aromatic N) is 2. The zero-order chi connectivity index (χ0) is 55.8. The minimum absolute atomic E-state index is 0.685. The van der Waals surface area contributed by atoms with E-state index in [9.17, 15) is 105 Å². The number of benzene rings is 5. The lowest BCUT2D eigenvalue weighted by Gasteiger charge is -2.46. The average molecular weight is 1090 g/mol. The summed E-state index contributed by atoms with van der Waals surface area (Å²) in [4.78, 5) is 4.18. The summed E-state index contributed by atoms with van der Waals surface area (Å²) in [6, 6.07) is 1.53. The smallest absolute Gasteiger partial charge is 0.416 e. The standard InChI is InChI=1S/C32H12BF24.C14H17N2O/c34-25(35,36)13-1-14(26(37,38)39)6-21(5-13)33(22-7-15(27(40,41)42)2-16(8-22)28(43,44)45,23-9-17(29(46,47)48)3-18(10-23)30(49,50)51)24-11-19(31(52,53)54)4-20(12-24)32(55,56)57;1-2-10-17-14-12-16(9-8-15-14)11-13-6-4-3-5-7-13/h1-12H;3-9,12H,2,10-11H2,1H3/q-1;+1. The van der Waals surface area contributed by atoms with E-state index in [0.29, 0.717) is 12.5 Å². The Balaban J connectivity index is 0.000000500. The maximum atomic E-state index is 14.2. The molecule has 0 radical (unpaired) electrons. The van der Waals surface area contributed by atoms with E-state index in [4.69, 9.17) is 4.74 Å². The van der Waals surface area contributed by atoms with Crippen LogP contribution in [0.5, 0.6) is 5.88 Å². The van der Waals surface area contributed by atoms with Gasteiger partial charge in [-0.15, -0.1) is 0 Å². The first-order chi connectivity index (χ1) is 33.6. The highest BCUT2D eigenvalue weighted by Gasteiger charge is 2.47. The summed E-state index contributed by atoms with van der Waals surface area (Å²) in [5, 5.41) is 0. The molecule has 28 heteroatoms. The Morgan fingerprint density at radius 1 is 0.405 bits per heavy atom. The van der Waals surface area contributed by atoms with Crippen LogP contribution in [-0.4, -0.2) is 17.7 Å². The first-order valence-corrected chi connectivity index (χ1v) is 20.5. The van der Waals surface area contributed by atoms with Gasteiger partial charge in [-0.25, -0.2) is 4.98 Å². The summed E-state index contributed by atoms with van der Waals surface area (Å²) in [5.74, 6) is 0.685. The number of halogens is 24. The Morgan fingerprint density at radius 2 is 0.676 bits per heavy atom. The van der Waals surface area contributed by atoms with Crippen LogP contribution in [0.3, 0.4) is 0 Å². The van der Waals surface area contributed by atoms with E-state index in [1.54, 1.807) is 6.20 Å².